The third-order valence-corrected chi connectivity index (χ3v) is 2.70. The number of rotatable bonds is 1. The Morgan fingerprint density at radius 1 is 1.33 bits per heavy atom. The summed E-state index contributed by atoms with van der Waals surface area (Å²) < 4.78 is 10.8. The number of phenols is 1. The number of hydrogen-bond donors (Lipinski definition) is 3. The van der Waals surface area contributed by atoms with Crippen LogP contribution in [0.4, 0.5) is 0 Å². The molecule has 0 atom stereocenters. The molecule has 66 valence electrons. The molecule has 5 heteroatoms. The first-order valence-corrected chi connectivity index (χ1v) is 4.89. The molecule has 4 nitrogen and oxygen atoms in total. The van der Waals surface area contributed by atoms with Gasteiger partial charge >= 0.3 is 7.60 Å². The molecule has 12 heavy (non-hydrogen) atoms. The summed E-state index contributed by atoms with van der Waals surface area (Å²) in [5.41, 5.74) is 0.228. The highest BCUT2D eigenvalue weighted by Gasteiger charge is 2.20. The Morgan fingerprint density at radius 2 is 1.92 bits per heavy atom. The maximum absolute atomic E-state index is 10.8. The molecule has 0 saturated carbocycles. The van der Waals surface area contributed by atoms with Gasteiger partial charge in [-0.25, -0.2) is 0 Å². The predicted molar refractivity (Wildman–Crippen MR) is 44.5 cm³/mol. The number of benzene rings is 1. The molecule has 0 aromatic heterocycles. The molecule has 0 bridgehead atoms. The molecular formula is C7H9O4P. The summed E-state index contributed by atoms with van der Waals surface area (Å²) in [6, 6.07) is 4.08. The Balaban J connectivity index is 3.36. The van der Waals surface area contributed by atoms with E-state index in [1.54, 1.807) is 0 Å². The lowest BCUT2D eigenvalue weighted by atomic mass is 10.2. The Morgan fingerprint density at radius 3 is 2.33 bits per heavy atom. The van der Waals surface area contributed by atoms with E-state index < -0.39 is 7.60 Å². The average molecular weight is 188 g/mol. The van der Waals surface area contributed by atoms with Gasteiger partial charge in [0.1, 0.15) is 5.75 Å². The van der Waals surface area contributed by atoms with Gasteiger partial charge in [-0.15, -0.1) is 0 Å². The third-order valence-electron chi connectivity index (χ3n) is 1.59. The van der Waals surface area contributed by atoms with Crippen molar-refractivity contribution in [1.82, 2.24) is 0 Å². The molecule has 0 heterocycles. The maximum atomic E-state index is 10.8. The lowest BCUT2D eigenvalue weighted by molar-refractivity contribution is 0.386. The van der Waals surface area contributed by atoms with Crippen LogP contribution >= 0.6 is 7.60 Å². The van der Waals surface area contributed by atoms with E-state index in [2.05, 4.69) is 0 Å². The molecule has 0 fully saturated rings. The van der Waals surface area contributed by atoms with Crippen molar-refractivity contribution in [2.45, 2.75) is 6.92 Å². The van der Waals surface area contributed by atoms with E-state index in [0.29, 0.717) is 0 Å². The average Bonchev–Trinajstić information content (AvgIpc) is 1.92. The number of phenolic OH excluding ortho intramolecular Hbond substituents is 1. The molecular weight excluding hydrogens is 179 g/mol. The van der Waals surface area contributed by atoms with Crippen molar-refractivity contribution in [2.75, 3.05) is 0 Å². The van der Waals surface area contributed by atoms with Gasteiger partial charge in [0.25, 0.3) is 0 Å². The second-order valence-electron chi connectivity index (χ2n) is 2.47. The summed E-state index contributed by atoms with van der Waals surface area (Å²) in [4.78, 5) is 17.6. The van der Waals surface area contributed by atoms with Crippen molar-refractivity contribution >= 4 is 12.9 Å². The minimum atomic E-state index is -4.24. The van der Waals surface area contributed by atoms with Gasteiger partial charge < -0.3 is 14.9 Å². The van der Waals surface area contributed by atoms with Crippen LogP contribution in [0, 0.1) is 6.92 Å². The van der Waals surface area contributed by atoms with Crippen molar-refractivity contribution in [2.24, 2.45) is 0 Å². The minimum Gasteiger partial charge on any atom is -0.508 e. The van der Waals surface area contributed by atoms with Crippen LogP contribution in [0.15, 0.2) is 18.2 Å². The predicted octanol–water partition coefficient (Wildman–Crippen LogP) is 0.504. The molecule has 0 aliphatic heterocycles. The minimum absolute atomic E-state index is 0.101. The van der Waals surface area contributed by atoms with Gasteiger partial charge in [-0.05, 0) is 19.1 Å². The van der Waals surface area contributed by atoms with Crippen molar-refractivity contribution in [3.05, 3.63) is 23.8 Å². The fraction of sp³-hybridized carbons (Fsp3) is 0.143. The summed E-state index contributed by atoms with van der Waals surface area (Å²) >= 11 is 0. The third kappa shape index (κ3) is 1.67. The van der Waals surface area contributed by atoms with Crippen molar-refractivity contribution in [3.63, 3.8) is 0 Å². The van der Waals surface area contributed by atoms with Gasteiger partial charge in [-0.3, -0.25) is 4.57 Å². The molecule has 0 amide bonds. The van der Waals surface area contributed by atoms with E-state index in [9.17, 15) is 4.57 Å². The van der Waals surface area contributed by atoms with Crippen LogP contribution in [-0.2, 0) is 4.57 Å². The van der Waals surface area contributed by atoms with Crippen molar-refractivity contribution in [1.29, 1.82) is 0 Å². The number of aromatic hydroxyl groups is 1. The highest BCUT2D eigenvalue weighted by molar-refractivity contribution is 7.60. The standard InChI is InChI=1S/C7H9O4P/c1-5-6(8)3-2-4-7(5)12(9,10)11/h2-4,8H,1H3,(H2,9,10,11). The first-order valence-electron chi connectivity index (χ1n) is 3.27. The fourth-order valence-corrected chi connectivity index (χ4v) is 1.76. The van der Waals surface area contributed by atoms with Crippen LogP contribution in [0.3, 0.4) is 0 Å². The monoisotopic (exact) mass is 188 g/mol. The van der Waals surface area contributed by atoms with E-state index >= 15 is 0 Å². The van der Waals surface area contributed by atoms with Crippen LogP contribution < -0.4 is 5.30 Å². The Kier molecular flexibility index (Phi) is 2.24. The summed E-state index contributed by atoms with van der Waals surface area (Å²) in [6.07, 6.45) is 0. The molecule has 0 aliphatic rings. The summed E-state index contributed by atoms with van der Waals surface area (Å²) in [5.74, 6) is -0.101. The van der Waals surface area contributed by atoms with Crippen LogP contribution in [-0.4, -0.2) is 14.9 Å². The van der Waals surface area contributed by atoms with Crippen molar-refractivity contribution in [3.8, 4) is 5.75 Å². The van der Waals surface area contributed by atoms with Gasteiger partial charge in [-0.2, -0.15) is 0 Å². The molecule has 1 aromatic rings. The normalized spacial score (nSPS) is 11.6. The fourth-order valence-electron chi connectivity index (χ4n) is 0.927. The zero-order chi connectivity index (χ0) is 9.35. The van der Waals surface area contributed by atoms with Crippen molar-refractivity contribution < 1.29 is 19.5 Å². The lowest BCUT2D eigenvalue weighted by Gasteiger charge is -2.07. The first kappa shape index (κ1) is 9.26. The van der Waals surface area contributed by atoms with Gasteiger partial charge in [0.05, 0.1) is 5.30 Å². The smallest absolute Gasteiger partial charge is 0.356 e. The zero-order valence-corrected chi connectivity index (χ0v) is 7.32. The van der Waals surface area contributed by atoms with E-state index in [4.69, 9.17) is 14.9 Å². The molecule has 0 radical (unpaired) electrons. The topological polar surface area (TPSA) is 77.8 Å². The van der Waals surface area contributed by atoms with Crippen LogP contribution in [0.5, 0.6) is 5.75 Å². The lowest BCUT2D eigenvalue weighted by Crippen LogP contribution is -2.07. The molecule has 3 N–H and O–H groups in total. The van der Waals surface area contributed by atoms with Crippen LogP contribution in [0.1, 0.15) is 5.56 Å². The van der Waals surface area contributed by atoms with Crippen LogP contribution in [0.2, 0.25) is 0 Å². The van der Waals surface area contributed by atoms with Crippen LogP contribution in [0.25, 0.3) is 0 Å². The second-order valence-corrected chi connectivity index (χ2v) is 4.04. The molecule has 0 spiro atoms. The summed E-state index contributed by atoms with van der Waals surface area (Å²) in [7, 11) is -4.24. The summed E-state index contributed by atoms with van der Waals surface area (Å²) in [5, 5.41) is 9.00. The first-order chi connectivity index (χ1) is 5.43. The molecule has 1 aromatic carbocycles. The van der Waals surface area contributed by atoms with Gasteiger partial charge in [0, 0.05) is 5.56 Å². The SMILES string of the molecule is Cc1c(O)cccc1P(=O)(O)O. The quantitative estimate of drug-likeness (QED) is 0.561. The molecule has 0 aliphatic carbocycles. The molecule has 1 rings (SSSR count). The largest absolute Gasteiger partial charge is 0.508 e. The summed E-state index contributed by atoms with van der Waals surface area (Å²) in [6.45, 7) is 1.46. The zero-order valence-electron chi connectivity index (χ0n) is 6.43. The van der Waals surface area contributed by atoms with E-state index in [0.717, 1.165) is 0 Å². The number of hydrogen-bond acceptors (Lipinski definition) is 2. The Labute approximate surface area is 69.6 Å². The Bertz CT molecular complexity index is 341. The second kappa shape index (κ2) is 2.90. The molecule has 0 unspecified atom stereocenters. The van der Waals surface area contributed by atoms with E-state index in [-0.39, 0.29) is 16.6 Å². The maximum Gasteiger partial charge on any atom is 0.356 e. The van der Waals surface area contributed by atoms with Gasteiger partial charge in [0.2, 0.25) is 0 Å². The van der Waals surface area contributed by atoms with Gasteiger partial charge in [0.15, 0.2) is 0 Å². The molecule has 0 saturated heterocycles. The van der Waals surface area contributed by atoms with Gasteiger partial charge in [-0.1, -0.05) is 6.07 Å². The van der Waals surface area contributed by atoms with E-state index in [1.165, 1.54) is 25.1 Å². The highest BCUT2D eigenvalue weighted by Crippen LogP contribution is 2.36. The highest BCUT2D eigenvalue weighted by atomic mass is 31.2. The Hall–Kier alpha value is -0.830. The van der Waals surface area contributed by atoms with E-state index in [1.807, 2.05) is 0 Å².